The van der Waals surface area contributed by atoms with Crippen LogP contribution in [0.2, 0.25) is 10.0 Å². The normalized spacial score (nSPS) is 16.9. The molecule has 1 fully saturated rings. The largest absolute Gasteiger partial charge is 0.397 e. The van der Waals surface area contributed by atoms with Crippen LogP contribution < -0.4 is 5.73 Å². The molecule has 1 aromatic carbocycles. The molecule has 5 nitrogen and oxygen atoms in total. The first-order valence-corrected chi connectivity index (χ1v) is 6.95. The number of nitrogens with zero attached hydrogens (tertiary/aromatic N) is 2. The van der Waals surface area contributed by atoms with Crippen molar-refractivity contribution in [3.8, 4) is 11.5 Å². The smallest absolute Gasteiger partial charge is 0.260 e. The Kier molecular flexibility index (Phi) is 3.36. The number of nitrogen functional groups attached to an aromatic ring is 1. The molecule has 3 rings (SSSR count). The van der Waals surface area contributed by atoms with Gasteiger partial charge in [-0.05, 0) is 31.4 Å². The van der Waals surface area contributed by atoms with Gasteiger partial charge in [-0.15, -0.1) is 0 Å². The third kappa shape index (κ3) is 2.06. The first kappa shape index (κ1) is 13.7. The second kappa shape index (κ2) is 4.91. The Bertz CT molecular complexity index is 648. The number of benzene rings is 1. The molecule has 106 valence electrons. The fourth-order valence-corrected chi connectivity index (χ4v) is 2.79. The summed E-state index contributed by atoms with van der Waals surface area (Å²) in [5.41, 5.74) is 6.40. The molecule has 2 aromatic rings. The lowest BCUT2D eigenvalue weighted by molar-refractivity contribution is -0.0858. The Balaban J connectivity index is 2.02. The molecule has 0 aliphatic heterocycles. The lowest BCUT2D eigenvalue weighted by atomic mass is 9.79. The predicted molar refractivity (Wildman–Crippen MR) is 76.7 cm³/mol. The standard InChI is InChI=1S/C13H13Cl2N3O2/c1-19-13(3-2-4-13)12-17-11(20-18-12)8-5-7(14)6-9(15)10(8)16/h5-6H,2-4,16H2,1H3. The van der Waals surface area contributed by atoms with E-state index < -0.39 is 5.60 Å². The van der Waals surface area contributed by atoms with Gasteiger partial charge >= 0.3 is 0 Å². The maximum Gasteiger partial charge on any atom is 0.260 e. The van der Waals surface area contributed by atoms with Crippen LogP contribution in [0.4, 0.5) is 5.69 Å². The van der Waals surface area contributed by atoms with Crippen molar-refractivity contribution in [2.24, 2.45) is 0 Å². The summed E-state index contributed by atoms with van der Waals surface area (Å²) in [6, 6.07) is 3.22. The molecule has 1 aromatic heterocycles. The number of hydrogen-bond donors (Lipinski definition) is 1. The maximum absolute atomic E-state index is 6.01. The van der Waals surface area contributed by atoms with Crippen LogP contribution in [0.25, 0.3) is 11.5 Å². The van der Waals surface area contributed by atoms with Crippen molar-refractivity contribution >= 4 is 28.9 Å². The lowest BCUT2D eigenvalue weighted by Crippen LogP contribution is -2.37. The monoisotopic (exact) mass is 313 g/mol. The summed E-state index contributed by atoms with van der Waals surface area (Å²) >= 11 is 12.0. The number of hydrogen-bond acceptors (Lipinski definition) is 5. The van der Waals surface area contributed by atoms with Crippen molar-refractivity contribution in [1.82, 2.24) is 10.1 Å². The van der Waals surface area contributed by atoms with E-state index in [-0.39, 0.29) is 0 Å². The summed E-state index contributed by atoms with van der Waals surface area (Å²) in [7, 11) is 1.65. The third-order valence-corrected chi connectivity index (χ3v) is 4.24. The average Bonchev–Trinajstić information content (AvgIpc) is 2.83. The van der Waals surface area contributed by atoms with E-state index in [1.54, 1.807) is 19.2 Å². The maximum atomic E-state index is 6.01. The summed E-state index contributed by atoms with van der Waals surface area (Å²) in [6.07, 6.45) is 2.85. The van der Waals surface area contributed by atoms with Crippen LogP contribution in [0.1, 0.15) is 25.1 Å². The Labute approximate surface area is 126 Å². The summed E-state index contributed by atoms with van der Waals surface area (Å²) < 4.78 is 10.8. The molecular weight excluding hydrogens is 301 g/mol. The molecule has 0 radical (unpaired) electrons. The van der Waals surface area contributed by atoms with Gasteiger partial charge in [0.05, 0.1) is 16.3 Å². The fourth-order valence-electron chi connectivity index (χ4n) is 2.30. The zero-order chi connectivity index (χ0) is 14.3. The summed E-state index contributed by atoms with van der Waals surface area (Å²) in [5, 5.41) is 4.83. The van der Waals surface area contributed by atoms with Crippen molar-refractivity contribution in [1.29, 1.82) is 0 Å². The van der Waals surface area contributed by atoms with E-state index in [1.165, 1.54) is 0 Å². The van der Waals surface area contributed by atoms with Crippen LogP contribution in [-0.2, 0) is 10.3 Å². The van der Waals surface area contributed by atoms with Crippen LogP contribution in [0.5, 0.6) is 0 Å². The number of ether oxygens (including phenoxy) is 1. The summed E-state index contributed by atoms with van der Waals surface area (Å²) in [6.45, 7) is 0. The number of methoxy groups -OCH3 is 1. The van der Waals surface area contributed by atoms with Gasteiger partial charge in [-0.3, -0.25) is 0 Å². The number of rotatable bonds is 3. The highest BCUT2D eigenvalue weighted by Gasteiger charge is 2.43. The van der Waals surface area contributed by atoms with Crippen molar-refractivity contribution in [3.63, 3.8) is 0 Å². The van der Waals surface area contributed by atoms with Gasteiger partial charge in [-0.1, -0.05) is 28.4 Å². The molecule has 0 atom stereocenters. The Morgan fingerprint density at radius 2 is 2.10 bits per heavy atom. The van der Waals surface area contributed by atoms with Crippen LogP contribution in [0.3, 0.4) is 0 Å². The van der Waals surface area contributed by atoms with E-state index in [0.29, 0.717) is 33.0 Å². The van der Waals surface area contributed by atoms with Crippen molar-refractivity contribution in [3.05, 3.63) is 28.0 Å². The van der Waals surface area contributed by atoms with E-state index in [4.69, 9.17) is 38.2 Å². The lowest BCUT2D eigenvalue weighted by Gasteiger charge is -2.37. The number of halogens is 2. The Morgan fingerprint density at radius 1 is 1.35 bits per heavy atom. The molecule has 20 heavy (non-hydrogen) atoms. The second-order valence-electron chi connectivity index (χ2n) is 4.82. The molecule has 1 heterocycles. The minimum Gasteiger partial charge on any atom is -0.397 e. The van der Waals surface area contributed by atoms with Crippen LogP contribution in [-0.4, -0.2) is 17.3 Å². The zero-order valence-corrected chi connectivity index (χ0v) is 12.3. The molecule has 0 spiro atoms. The average molecular weight is 314 g/mol. The first-order chi connectivity index (χ1) is 9.55. The highest BCUT2D eigenvalue weighted by atomic mass is 35.5. The van der Waals surface area contributed by atoms with Crippen molar-refractivity contribution in [2.45, 2.75) is 24.9 Å². The molecule has 1 saturated carbocycles. The van der Waals surface area contributed by atoms with Gasteiger partial charge in [0.1, 0.15) is 5.60 Å². The molecule has 1 aliphatic carbocycles. The van der Waals surface area contributed by atoms with E-state index in [9.17, 15) is 0 Å². The Hall–Kier alpha value is -1.30. The van der Waals surface area contributed by atoms with Crippen LogP contribution in [0, 0.1) is 0 Å². The van der Waals surface area contributed by atoms with Gasteiger partial charge in [0.25, 0.3) is 5.89 Å². The minimum atomic E-state index is -0.432. The molecule has 1 aliphatic rings. The van der Waals surface area contributed by atoms with Gasteiger partial charge in [0.15, 0.2) is 0 Å². The van der Waals surface area contributed by atoms with Gasteiger partial charge < -0.3 is 15.0 Å². The fraction of sp³-hybridized carbons (Fsp3) is 0.385. The van der Waals surface area contributed by atoms with E-state index in [0.717, 1.165) is 19.3 Å². The topological polar surface area (TPSA) is 74.2 Å². The molecule has 0 saturated heterocycles. The summed E-state index contributed by atoms with van der Waals surface area (Å²) in [4.78, 5) is 4.39. The zero-order valence-electron chi connectivity index (χ0n) is 10.8. The highest BCUT2D eigenvalue weighted by molar-refractivity contribution is 6.37. The minimum absolute atomic E-state index is 0.297. The van der Waals surface area contributed by atoms with Crippen molar-refractivity contribution < 1.29 is 9.26 Å². The number of anilines is 1. The van der Waals surface area contributed by atoms with E-state index in [2.05, 4.69) is 10.1 Å². The molecule has 0 unspecified atom stereocenters. The highest BCUT2D eigenvalue weighted by Crippen LogP contribution is 2.43. The van der Waals surface area contributed by atoms with E-state index in [1.807, 2.05) is 0 Å². The van der Waals surface area contributed by atoms with Crippen LogP contribution >= 0.6 is 23.2 Å². The van der Waals surface area contributed by atoms with Gasteiger partial charge in [-0.25, -0.2) is 0 Å². The molecule has 0 bridgehead atoms. The molecule has 2 N–H and O–H groups in total. The van der Waals surface area contributed by atoms with Gasteiger partial charge in [0, 0.05) is 12.1 Å². The SMILES string of the molecule is COC1(c2noc(-c3cc(Cl)cc(Cl)c3N)n2)CCC1. The molecule has 7 heteroatoms. The Morgan fingerprint density at radius 3 is 2.70 bits per heavy atom. The number of aromatic nitrogens is 2. The number of nitrogens with two attached hydrogens (primary N) is 1. The van der Waals surface area contributed by atoms with Gasteiger partial charge in [0.2, 0.25) is 5.82 Å². The second-order valence-corrected chi connectivity index (χ2v) is 5.67. The van der Waals surface area contributed by atoms with Crippen LogP contribution in [0.15, 0.2) is 16.7 Å². The summed E-state index contributed by atoms with van der Waals surface area (Å²) in [5.74, 6) is 0.835. The van der Waals surface area contributed by atoms with Crippen molar-refractivity contribution in [2.75, 3.05) is 12.8 Å². The van der Waals surface area contributed by atoms with Gasteiger partial charge in [-0.2, -0.15) is 4.98 Å². The molecule has 0 amide bonds. The molecular formula is C13H13Cl2N3O2. The van der Waals surface area contributed by atoms with E-state index >= 15 is 0 Å². The third-order valence-electron chi connectivity index (χ3n) is 3.71. The first-order valence-electron chi connectivity index (χ1n) is 6.20. The predicted octanol–water partition coefficient (Wildman–Crippen LogP) is 3.65. The quantitative estimate of drug-likeness (QED) is 0.875.